The van der Waals surface area contributed by atoms with E-state index in [1.165, 1.54) is 30.5 Å². The molecule has 0 saturated carbocycles. The molecule has 3 heterocycles. The lowest BCUT2D eigenvalue weighted by molar-refractivity contribution is 0.0317. The van der Waals surface area contributed by atoms with Gasteiger partial charge in [0.15, 0.2) is 0 Å². The van der Waals surface area contributed by atoms with Gasteiger partial charge in [0.2, 0.25) is 0 Å². The monoisotopic (exact) mass is 299 g/mol. The van der Waals surface area contributed by atoms with Gasteiger partial charge < -0.3 is 15.1 Å². The summed E-state index contributed by atoms with van der Waals surface area (Å²) in [5, 5.41) is 3.35. The molecule has 0 aromatic heterocycles. The molecule has 0 radical (unpaired) electrons. The van der Waals surface area contributed by atoms with Gasteiger partial charge in [-0.15, -0.1) is 0 Å². The average Bonchev–Trinajstić information content (AvgIpc) is 3.01. The van der Waals surface area contributed by atoms with Crippen LogP contribution in [0, 0.1) is 5.92 Å². The molecule has 2 unspecified atom stereocenters. The zero-order valence-electron chi connectivity index (χ0n) is 13.3. The van der Waals surface area contributed by atoms with Crippen LogP contribution in [-0.4, -0.2) is 48.4 Å². The van der Waals surface area contributed by atoms with Gasteiger partial charge in [0.05, 0.1) is 0 Å². The summed E-state index contributed by atoms with van der Waals surface area (Å²) < 4.78 is 0. The minimum absolute atomic E-state index is 0.223. The number of hydrogen-bond acceptors (Lipinski definition) is 3. The Labute approximate surface area is 132 Å². The molecule has 22 heavy (non-hydrogen) atoms. The first-order valence-electron chi connectivity index (χ1n) is 8.54. The summed E-state index contributed by atoms with van der Waals surface area (Å²) in [4.78, 5) is 17.4. The fraction of sp³-hybridized carbons (Fsp3) is 0.611. The van der Waals surface area contributed by atoms with Crippen molar-refractivity contribution in [3.05, 3.63) is 34.9 Å². The van der Waals surface area contributed by atoms with Gasteiger partial charge >= 0.3 is 0 Å². The largest absolute Gasteiger partial charge is 0.338 e. The molecule has 0 spiro atoms. The normalized spacial score (nSPS) is 28.3. The predicted molar refractivity (Wildman–Crippen MR) is 86.6 cm³/mol. The van der Waals surface area contributed by atoms with Crippen LogP contribution in [0.4, 0.5) is 0 Å². The number of nitrogens with zero attached hydrogens (tertiary/aromatic N) is 2. The zero-order valence-corrected chi connectivity index (χ0v) is 13.3. The summed E-state index contributed by atoms with van der Waals surface area (Å²) in [5.74, 6) is 0.883. The van der Waals surface area contributed by atoms with E-state index in [0.717, 1.165) is 38.2 Å². The molecule has 118 valence electrons. The Morgan fingerprint density at radius 3 is 2.95 bits per heavy atom. The molecular weight excluding hydrogens is 274 g/mol. The van der Waals surface area contributed by atoms with Gasteiger partial charge in [-0.25, -0.2) is 0 Å². The Hall–Kier alpha value is -1.39. The first kappa shape index (κ1) is 14.2. The minimum atomic E-state index is 0.223. The van der Waals surface area contributed by atoms with Crippen molar-refractivity contribution >= 4 is 5.91 Å². The Morgan fingerprint density at radius 2 is 2.05 bits per heavy atom. The maximum Gasteiger partial charge on any atom is 0.253 e. The SMILES string of the molecule is CN1CCCC2CN(C(=O)c3ccc4c(c3)CNC4)CCC21. The third-order valence-corrected chi connectivity index (χ3v) is 5.72. The third-order valence-electron chi connectivity index (χ3n) is 5.72. The van der Waals surface area contributed by atoms with E-state index in [4.69, 9.17) is 0 Å². The van der Waals surface area contributed by atoms with Crippen molar-refractivity contribution in [2.45, 2.75) is 38.4 Å². The van der Waals surface area contributed by atoms with Crippen molar-refractivity contribution in [3.63, 3.8) is 0 Å². The zero-order chi connectivity index (χ0) is 15.1. The summed E-state index contributed by atoms with van der Waals surface area (Å²) in [5.41, 5.74) is 3.49. The van der Waals surface area contributed by atoms with Crippen LogP contribution in [0.2, 0.25) is 0 Å². The molecule has 1 aromatic carbocycles. The molecule has 3 aliphatic heterocycles. The smallest absolute Gasteiger partial charge is 0.253 e. The van der Waals surface area contributed by atoms with Crippen LogP contribution in [-0.2, 0) is 13.1 Å². The number of amides is 1. The number of piperidine rings is 2. The van der Waals surface area contributed by atoms with Crippen LogP contribution in [0.5, 0.6) is 0 Å². The van der Waals surface area contributed by atoms with Crippen LogP contribution >= 0.6 is 0 Å². The highest BCUT2D eigenvalue weighted by molar-refractivity contribution is 5.94. The quantitative estimate of drug-likeness (QED) is 0.859. The second-order valence-electron chi connectivity index (χ2n) is 7.08. The molecule has 2 saturated heterocycles. The van der Waals surface area contributed by atoms with E-state index in [1.807, 2.05) is 6.07 Å². The van der Waals surface area contributed by atoms with E-state index in [9.17, 15) is 4.79 Å². The topological polar surface area (TPSA) is 35.6 Å². The van der Waals surface area contributed by atoms with Crippen LogP contribution in [0.25, 0.3) is 0 Å². The predicted octanol–water partition coefficient (Wildman–Crippen LogP) is 1.85. The van der Waals surface area contributed by atoms with Gasteiger partial charge in [0, 0.05) is 37.8 Å². The van der Waals surface area contributed by atoms with Crippen LogP contribution in [0.15, 0.2) is 18.2 Å². The number of nitrogens with one attached hydrogen (secondary N) is 1. The standard InChI is InChI=1S/C18H25N3O/c1-20-7-2-3-15-12-21(8-6-17(15)20)18(22)13-4-5-14-10-19-11-16(14)9-13/h4-5,9,15,17,19H,2-3,6-8,10-12H2,1H3. The number of rotatable bonds is 1. The molecule has 3 aliphatic rings. The van der Waals surface area contributed by atoms with E-state index in [1.54, 1.807) is 0 Å². The Bertz CT molecular complexity index is 586. The van der Waals surface area contributed by atoms with Crippen LogP contribution in [0.1, 0.15) is 40.7 Å². The summed E-state index contributed by atoms with van der Waals surface area (Å²) >= 11 is 0. The Morgan fingerprint density at radius 1 is 1.18 bits per heavy atom. The van der Waals surface area contributed by atoms with Crippen molar-refractivity contribution in [2.24, 2.45) is 5.92 Å². The summed E-state index contributed by atoms with van der Waals surface area (Å²) in [7, 11) is 2.24. The highest BCUT2D eigenvalue weighted by atomic mass is 16.2. The van der Waals surface area contributed by atoms with E-state index in [0.29, 0.717) is 12.0 Å². The number of fused-ring (bicyclic) bond motifs is 2. The van der Waals surface area contributed by atoms with Gasteiger partial charge in [0.25, 0.3) is 5.91 Å². The van der Waals surface area contributed by atoms with Gasteiger partial charge in [-0.1, -0.05) is 6.07 Å². The second kappa shape index (κ2) is 5.67. The van der Waals surface area contributed by atoms with Gasteiger partial charge in [0.1, 0.15) is 0 Å². The summed E-state index contributed by atoms with van der Waals surface area (Å²) in [6.07, 6.45) is 3.66. The van der Waals surface area contributed by atoms with E-state index in [2.05, 4.69) is 34.3 Å². The highest BCUT2D eigenvalue weighted by Crippen LogP contribution is 2.30. The highest BCUT2D eigenvalue weighted by Gasteiger charge is 2.36. The van der Waals surface area contributed by atoms with Crippen LogP contribution < -0.4 is 5.32 Å². The molecule has 1 amide bonds. The Kier molecular flexibility index (Phi) is 3.66. The molecule has 1 N–H and O–H groups in total. The molecule has 1 aromatic rings. The van der Waals surface area contributed by atoms with Crippen molar-refractivity contribution in [3.8, 4) is 0 Å². The Balaban J connectivity index is 1.49. The average molecular weight is 299 g/mol. The number of hydrogen-bond donors (Lipinski definition) is 1. The van der Waals surface area contributed by atoms with Crippen LogP contribution in [0.3, 0.4) is 0 Å². The molecule has 2 atom stereocenters. The molecule has 0 aliphatic carbocycles. The molecule has 4 rings (SSSR count). The van der Waals surface area contributed by atoms with Gasteiger partial charge in [-0.05, 0) is 62.0 Å². The molecule has 4 heteroatoms. The first-order valence-corrected chi connectivity index (χ1v) is 8.54. The lowest BCUT2D eigenvalue weighted by atomic mass is 9.84. The van der Waals surface area contributed by atoms with E-state index < -0.39 is 0 Å². The molecule has 4 nitrogen and oxygen atoms in total. The number of carbonyl (C=O) groups excluding carboxylic acids is 1. The van der Waals surface area contributed by atoms with Crippen molar-refractivity contribution in [1.29, 1.82) is 0 Å². The molecular formula is C18H25N3O. The van der Waals surface area contributed by atoms with Crippen molar-refractivity contribution < 1.29 is 4.79 Å². The lowest BCUT2D eigenvalue weighted by Gasteiger charge is -2.46. The lowest BCUT2D eigenvalue weighted by Crippen LogP contribution is -2.53. The summed E-state index contributed by atoms with van der Waals surface area (Å²) in [6.45, 7) is 4.88. The van der Waals surface area contributed by atoms with Gasteiger partial charge in [-0.2, -0.15) is 0 Å². The second-order valence-corrected chi connectivity index (χ2v) is 7.08. The summed E-state index contributed by atoms with van der Waals surface area (Å²) in [6, 6.07) is 6.90. The third kappa shape index (κ3) is 2.44. The fourth-order valence-corrected chi connectivity index (χ4v) is 4.45. The van der Waals surface area contributed by atoms with Gasteiger partial charge in [-0.3, -0.25) is 4.79 Å². The molecule has 2 fully saturated rings. The maximum absolute atomic E-state index is 12.8. The minimum Gasteiger partial charge on any atom is -0.338 e. The molecule has 0 bridgehead atoms. The first-order chi connectivity index (χ1) is 10.7. The number of benzene rings is 1. The van der Waals surface area contributed by atoms with E-state index in [-0.39, 0.29) is 5.91 Å². The number of likely N-dealkylation sites (tertiary alicyclic amines) is 2. The fourth-order valence-electron chi connectivity index (χ4n) is 4.45. The van der Waals surface area contributed by atoms with E-state index >= 15 is 0 Å². The number of carbonyl (C=O) groups is 1. The van der Waals surface area contributed by atoms with Crippen molar-refractivity contribution in [1.82, 2.24) is 15.1 Å². The van der Waals surface area contributed by atoms with Crippen molar-refractivity contribution in [2.75, 3.05) is 26.7 Å². The maximum atomic E-state index is 12.8.